The van der Waals surface area contributed by atoms with Gasteiger partial charge in [-0.3, -0.25) is 0 Å². The molecule has 0 aromatic rings. The summed E-state index contributed by atoms with van der Waals surface area (Å²) in [4.78, 5) is 0. The molecule has 13 heteroatoms. The molecular formula is C10H5F13. The number of halogens is 13. The van der Waals surface area contributed by atoms with Gasteiger partial charge in [0.25, 0.3) is 5.67 Å². The van der Waals surface area contributed by atoms with Crippen molar-refractivity contribution in [1.82, 2.24) is 0 Å². The predicted octanol–water partition coefficient (Wildman–Crippen LogP) is 5.45. The maximum absolute atomic E-state index is 13.8. The number of rotatable bonds is 4. The molecule has 0 N–H and O–H groups in total. The first-order valence-corrected chi connectivity index (χ1v) is 5.51. The summed E-state index contributed by atoms with van der Waals surface area (Å²) in [6.07, 6.45) is -15.7. The maximum Gasteiger partial charge on any atom is 0.460 e. The minimum absolute atomic E-state index is 0.0726. The molecule has 0 heterocycles. The van der Waals surface area contributed by atoms with Crippen molar-refractivity contribution in [3.8, 4) is 0 Å². The largest absolute Gasteiger partial charge is 0.460 e. The molecule has 0 saturated carbocycles. The Morgan fingerprint density at radius 3 is 1.17 bits per heavy atom. The summed E-state index contributed by atoms with van der Waals surface area (Å²) in [5, 5.41) is 0. The van der Waals surface area contributed by atoms with E-state index in [0.717, 1.165) is 0 Å². The first-order valence-electron chi connectivity index (χ1n) is 5.51. The summed E-state index contributed by atoms with van der Waals surface area (Å²) >= 11 is 0. The van der Waals surface area contributed by atoms with Crippen LogP contribution in [0.1, 0.15) is 12.8 Å². The molecule has 0 nitrogen and oxygen atoms in total. The van der Waals surface area contributed by atoms with E-state index in [1.807, 2.05) is 0 Å². The lowest BCUT2D eigenvalue weighted by Crippen LogP contribution is -2.71. The zero-order valence-corrected chi connectivity index (χ0v) is 10.4. The summed E-state index contributed by atoms with van der Waals surface area (Å²) in [5.74, 6) is -22.7. The van der Waals surface area contributed by atoms with Crippen molar-refractivity contribution in [3.63, 3.8) is 0 Å². The first kappa shape index (κ1) is 19.9. The summed E-state index contributed by atoms with van der Waals surface area (Å²) in [6.45, 7) is 0. The van der Waals surface area contributed by atoms with Crippen LogP contribution in [0.2, 0.25) is 0 Å². The van der Waals surface area contributed by atoms with Crippen LogP contribution in [0.5, 0.6) is 0 Å². The third-order valence-corrected chi connectivity index (χ3v) is 3.21. The van der Waals surface area contributed by atoms with Crippen LogP contribution in [0, 0.1) is 0 Å². The molecule has 23 heavy (non-hydrogen) atoms. The van der Waals surface area contributed by atoms with Gasteiger partial charge in [-0.05, 0) is 18.4 Å². The highest BCUT2D eigenvalue weighted by Crippen LogP contribution is 2.63. The number of hydrogen-bond donors (Lipinski definition) is 0. The first-order chi connectivity index (χ1) is 9.86. The quantitative estimate of drug-likeness (QED) is 0.455. The lowest BCUT2D eigenvalue weighted by Gasteiger charge is -2.43. The van der Waals surface area contributed by atoms with Crippen LogP contribution in [0.15, 0.2) is 11.6 Å². The van der Waals surface area contributed by atoms with E-state index in [9.17, 15) is 57.1 Å². The van der Waals surface area contributed by atoms with Crippen molar-refractivity contribution in [2.24, 2.45) is 0 Å². The number of alkyl halides is 13. The Morgan fingerprint density at radius 2 is 0.957 bits per heavy atom. The van der Waals surface area contributed by atoms with E-state index in [-0.39, 0.29) is 6.08 Å². The molecule has 0 aliphatic heterocycles. The van der Waals surface area contributed by atoms with Crippen LogP contribution in [0.25, 0.3) is 0 Å². The minimum Gasteiger partial charge on any atom is -0.222 e. The topological polar surface area (TPSA) is 0 Å². The highest BCUT2D eigenvalue weighted by atomic mass is 19.4. The summed E-state index contributed by atoms with van der Waals surface area (Å²) < 4.78 is 165. The molecule has 0 fully saturated rings. The van der Waals surface area contributed by atoms with Crippen molar-refractivity contribution >= 4 is 0 Å². The fourth-order valence-electron chi connectivity index (χ4n) is 1.75. The predicted molar refractivity (Wildman–Crippen MR) is 48.1 cm³/mol. The Morgan fingerprint density at radius 1 is 0.565 bits per heavy atom. The molecule has 0 aromatic heterocycles. The number of hydrogen-bond acceptors (Lipinski definition) is 0. The van der Waals surface area contributed by atoms with E-state index in [1.165, 1.54) is 0 Å². The van der Waals surface area contributed by atoms with Crippen molar-refractivity contribution in [1.29, 1.82) is 0 Å². The highest BCUT2D eigenvalue weighted by Gasteiger charge is 2.90. The average molecular weight is 372 g/mol. The van der Waals surface area contributed by atoms with E-state index in [1.54, 1.807) is 0 Å². The molecule has 0 radical (unpaired) electrons. The second-order valence-corrected chi connectivity index (χ2v) is 4.65. The van der Waals surface area contributed by atoms with E-state index >= 15 is 0 Å². The van der Waals surface area contributed by atoms with Crippen molar-refractivity contribution in [3.05, 3.63) is 11.6 Å². The van der Waals surface area contributed by atoms with Gasteiger partial charge in [0.05, 0.1) is 0 Å². The summed E-state index contributed by atoms with van der Waals surface area (Å²) in [5.41, 5.74) is -8.40. The second kappa shape index (κ2) is 4.91. The maximum atomic E-state index is 13.8. The standard InChI is InChI=1S/C10H5F13/c11-5(9(18,19)20,4-2-1-3-4)6(12,13)7(14,15)8(16,17)10(21,22)23/h2H,1,3H2. The van der Waals surface area contributed by atoms with Gasteiger partial charge in [-0.2, -0.15) is 52.7 Å². The molecule has 0 spiro atoms. The smallest absolute Gasteiger partial charge is 0.222 e. The molecule has 0 amide bonds. The van der Waals surface area contributed by atoms with Gasteiger partial charge >= 0.3 is 30.1 Å². The SMILES string of the molecule is FC(F)(F)C(F)(F)C(F)(F)C(F)(F)C(F)(C1=CCC1)C(F)(F)F. The molecule has 136 valence electrons. The van der Waals surface area contributed by atoms with Crippen LogP contribution in [0.3, 0.4) is 0 Å². The molecule has 1 rings (SSSR count). The molecule has 1 aliphatic carbocycles. The molecule has 0 saturated heterocycles. The fraction of sp³-hybridized carbons (Fsp3) is 0.800. The van der Waals surface area contributed by atoms with Gasteiger partial charge in [-0.15, -0.1) is 0 Å². The Hall–Kier alpha value is -1.17. The van der Waals surface area contributed by atoms with Gasteiger partial charge in [0.15, 0.2) is 0 Å². The lowest BCUT2D eigenvalue weighted by atomic mass is 9.76. The van der Waals surface area contributed by atoms with E-state index < -0.39 is 54.2 Å². The van der Waals surface area contributed by atoms with E-state index in [4.69, 9.17) is 0 Å². The van der Waals surface area contributed by atoms with Crippen molar-refractivity contribution in [2.75, 3.05) is 0 Å². The third kappa shape index (κ3) is 2.37. The van der Waals surface area contributed by atoms with Gasteiger partial charge in [-0.25, -0.2) is 4.39 Å². The van der Waals surface area contributed by atoms with Crippen LogP contribution in [-0.2, 0) is 0 Å². The van der Waals surface area contributed by atoms with Gasteiger partial charge in [0.2, 0.25) is 0 Å². The van der Waals surface area contributed by atoms with Crippen molar-refractivity contribution < 1.29 is 57.1 Å². The average Bonchev–Trinajstić information content (AvgIpc) is 2.22. The fourth-order valence-corrected chi connectivity index (χ4v) is 1.75. The van der Waals surface area contributed by atoms with Crippen LogP contribution < -0.4 is 0 Å². The number of allylic oxidation sites excluding steroid dienone is 2. The van der Waals surface area contributed by atoms with E-state index in [0.29, 0.717) is 0 Å². The van der Waals surface area contributed by atoms with Gasteiger partial charge in [0, 0.05) is 0 Å². The van der Waals surface area contributed by atoms with Gasteiger partial charge in [-0.1, -0.05) is 6.08 Å². The van der Waals surface area contributed by atoms with Crippen LogP contribution in [0.4, 0.5) is 57.1 Å². The molecule has 1 unspecified atom stereocenters. The normalized spacial score (nSPS) is 20.7. The molecule has 0 aromatic carbocycles. The van der Waals surface area contributed by atoms with Crippen LogP contribution in [-0.4, -0.2) is 35.8 Å². The summed E-state index contributed by atoms with van der Waals surface area (Å²) in [6, 6.07) is 0. The monoisotopic (exact) mass is 372 g/mol. The van der Waals surface area contributed by atoms with Crippen molar-refractivity contribution in [2.45, 2.75) is 48.6 Å². The minimum atomic E-state index is -7.70. The van der Waals surface area contributed by atoms with Gasteiger partial charge in [0.1, 0.15) is 0 Å². The van der Waals surface area contributed by atoms with E-state index in [2.05, 4.69) is 0 Å². The summed E-state index contributed by atoms with van der Waals surface area (Å²) in [7, 11) is 0. The zero-order chi connectivity index (χ0) is 18.7. The van der Waals surface area contributed by atoms with Gasteiger partial charge < -0.3 is 0 Å². The lowest BCUT2D eigenvalue weighted by molar-refractivity contribution is -0.426. The molecule has 1 atom stereocenters. The Labute approximate surface area is 118 Å². The third-order valence-electron chi connectivity index (χ3n) is 3.21. The Bertz CT molecular complexity index is 494. The van der Waals surface area contributed by atoms with Crippen LogP contribution >= 0.6 is 0 Å². The second-order valence-electron chi connectivity index (χ2n) is 4.65. The Balaban J connectivity index is 3.59. The highest BCUT2D eigenvalue weighted by molar-refractivity contribution is 5.33. The molecular weight excluding hydrogens is 367 g/mol. The zero-order valence-electron chi connectivity index (χ0n) is 10.4. The molecule has 0 bridgehead atoms. The molecule has 1 aliphatic rings. The Kier molecular flexibility index (Phi) is 4.25.